The first-order chi connectivity index (χ1) is 9.59. The number of carboxylic acids is 1. The Hall–Kier alpha value is -1.75. The quantitative estimate of drug-likeness (QED) is 0.863. The minimum Gasteiger partial charge on any atom is -0.497 e. The summed E-state index contributed by atoms with van der Waals surface area (Å²) in [5, 5.41) is 12.4. The van der Waals surface area contributed by atoms with Gasteiger partial charge in [-0.25, -0.2) is 0 Å². The van der Waals surface area contributed by atoms with Crippen LogP contribution in [0, 0.1) is 0 Å². The number of ether oxygens (including phenoxy) is 2. The second-order valence-corrected chi connectivity index (χ2v) is 5.15. The molecule has 2 atom stereocenters. The van der Waals surface area contributed by atoms with Crippen LogP contribution in [0.25, 0.3) is 0 Å². The lowest BCUT2D eigenvalue weighted by molar-refractivity contribution is -0.147. The SMILES string of the molecule is CNC1(C(=O)O)CCCC(Oc2ccc(OC)cc2)C1. The van der Waals surface area contributed by atoms with Gasteiger partial charge in [0.25, 0.3) is 0 Å². The van der Waals surface area contributed by atoms with Crippen LogP contribution in [0.4, 0.5) is 0 Å². The van der Waals surface area contributed by atoms with Crippen LogP contribution in [0.5, 0.6) is 11.5 Å². The van der Waals surface area contributed by atoms with Crippen molar-refractivity contribution in [2.24, 2.45) is 0 Å². The van der Waals surface area contributed by atoms with Crippen molar-refractivity contribution >= 4 is 5.97 Å². The zero-order valence-electron chi connectivity index (χ0n) is 11.9. The molecule has 2 unspecified atom stereocenters. The maximum Gasteiger partial charge on any atom is 0.324 e. The number of carboxylic acid groups (broad SMARTS) is 1. The Kier molecular flexibility index (Phi) is 4.49. The highest BCUT2D eigenvalue weighted by Gasteiger charge is 2.42. The van der Waals surface area contributed by atoms with Crippen molar-refractivity contribution in [1.29, 1.82) is 0 Å². The molecule has 0 amide bonds. The van der Waals surface area contributed by atoms with E-state index in [1.807, 2.05) is 24.3 Å². The summed E-state index contributed by atoms with van der Waals surface area (Å²) in [6.07, 6.45) is 2.75. The Morgan fingerprint density at radius 1 is 1.35 bits per heavy atom. The van der Waals surface area contributed by atoms with Crippen LogP contribution in [0.2, 0.25) is 0 Å². The maximum absolute atomic E-state index is 11.5. The third-order valence-corrected chi connectivity index (χ3v) is 3.96. The van der Waals surface area contributed by atoms with Gasteiger partial charge in [-0.15, -0.1) is 0 Å². The van der Waals surface area contributed by atoms with Gasteiger partial charge in [-0.2, -0.15) is 0 Å². The fourth-order valence-electron chi connectivity index (χ4n) is 2.70. The lowest BCUT2D eigenvalue weighted by Gasteiger charge is -2.37. The number of aliphatic carboxylic acids is 1. The standard InChI is InChI=1S/C15H21NO4/c1-16-15(14(17)18)9-3-4-13(10-15)20-12-7-5-11(19-2)6-8-12/h5-8,13,16H,3-4,9-10H2,1-2H3,(H,17,18). The van der Waals surface area contributed by atoms with Gasteiger partial charge in [0.05, 0.1) is 7.11 Å². The molecule has 0 aromatic heterocycles. The van der Waals surface area contributed by atoms with Crippen molar-refractivity contribution in [1.82, 2.24) is 5.32 Å². The molecular weight excluding hydrogens is 258 g/mol. The van der Waals surface area contributed by atoms with Crippen LogP contribution in [0.1, 0.15) is 25.7 Å². The minimum atomic E-state index is -0.866. The topological polar surface area (TPSA) is 67.8 Å². The largest absolute Gasteiger partial charge is 0.497 e. The van der Waals surface area contributed by atoms with Gasteiger partial charge in [-0.3, -0.25) is 4.79 Å². The van der Waals surface area contributed by atoms with Gasteiger partial charge in [0.1, 0.15) is 23.1 Å². The Bertz CT molecular complexity index is 459. The van der Waals surface area contributed by atoms with Gasteiger partial charge in [-0.1, -0.05) is 0 Å². The molecule has 0 saturated heterocycles. The molecule has 1 aromatic carbocycles. The Morgan fingerprint density at radius 2 is 2.00 bits per heavy atom. The van der Waals surface area contributed by atoms with E-state index in [9.17, 15) is 9.90 Å². The maximum atomic E-state index is 11.5. The molecule has 2 rings (SSSR count). The predicted molar refractivity (Wildman–Crippen MR) is 75.3 cm³/mol. The zero-order valence-corrected chi connectivity index (χ0v) is 11.9. The second-order valence-electron chi connectivity index (χ2n) is 5.15. The molecular formula is C15H21NO4. The summed E-state index contributed by atoms with van der Waals surface area (Å²) >= 11 is 0. The van der Waals surface area contributed by atoms with E-state index in [4.69, 9.17) is 9.47 Å². The molecule has 1 aliphatic rings. The number of hydrogen-bond donors (Lipinski definition) is 2. The van der Waals surface area contributed by atoms with Gasteiger partial charge in [0, 0.05) is 6.42 Å². The minimum absolute atomic E-state index is 0.0827. The first-order valence-corrected chi connectivity index (χ1v) is 6.82. The summed E-state index contributed by atoms with van der Waals surface area (Å²) in [5.74, 6) is 0.715. The smallest absolute Gasteiger partial charge is 0.324 e. The van der Waals surface area contributed by atoms with Crippen LogP contribution in [-0.4, -0.2) is 36.9 Å². The van der Waals surface area contributed by atoms with Crippen molar-refractivity contribution < 1.29 is 19.4 Å². The molecule has 0 aliphatic heterocycles. The molecule has 5 heteroatoms. The molecule has 1 fully saturated rings. The van der Waals surface area contributed by atoms with E-state index in [1.165, 1.54) is 0 Å². The molecule has 20 heavy (non-hydrogen) atoms. The third kappa shape index (κ3) is 3.04. The molecule has 0 radical (unpaired) electrons. The van der Waals surface area contributed by atoms with Gasteiger partial charge < -0.3 is 19.9 Å². The molecule has 5 nitrogen and oxygen atoms in total. The van der Waals surface area contributed by atoms with Crippen molar-refractivity contribution in [3.05, 3.63) is 24.3 Å². The summed E-state index contributed by atoms with van der Waals surface area (Å²) in [7, 11) is 3.31. The van der Waals surface area contributed by atoms with Gasteiger partial charge in [0.15, 0.2) is 0 Å². The number of nitrogens with one attached hydrogen (secondary N) is 1. The number of hydrogen-bond acceptors (Lipinski definition) is 4. The van der Waals surface area contributed by atoms with Gasteiger partial charge in [0.2, 0.25) is 0 Å². The van der Waals surface area contributed by atoms with Crippen LogP contribution >= 0.6 is 0 Å². The Balaban J connectivity index is 2.03. The van der Waals surface area contributed by atoms with Crippen LogP contribution in [0.3, 0.4) is 0 Å². The fourth-order valence-corrected chi connectivity index (χ4v) is 2.70. The van der Waals surface area contributed by atoms with Crippen molar-refractivity contribution in [2.75, 3.05) is 14.2 Å². The van der Waals surface area contributed by atoms with E-state index in [-0.39, 0.29) is 6.10 Å². The number of likely N-dealkylation sites (N-methyl/N-ethyl adjacent to an activating group) is 1. The third-order valence-electron chi connectivity index (χ3n) is 3.96. The highest BCUT2D eigenvalue weighted by Crippen LogP contribution is 2.31. The van der Waals surface area contributed by atoms with E-state index in [2.05, 4.69) is 5.32 Å². The Labute approximate surface area is 118 Å². The van der Waals surface area contributed by atoms with Crippen LogP contribution < -0.4 is 14.8 Å². The van der Waals surface area contributed by atoms with Crippen molar-refractivity contribution in [3.63, 3.8) is 0 Å². The summed E-state index contributed by atoms with van der Waals surface area (Å²) in [5.41, 5.74) is -0.866. The number of benzene rings is 1. The second kappa shape index (κ2) is 6.13. The summed E-state index contributed by atoms with van der Waals surface area (Å²) in [6, 6.07) is 7.35. The molecule has 0 spiro atoms. The van der Waals surface area contributed by atoms with Crippen LogP contribution in [0.15, 0.2) is 24.3 Å². The fraction of sp³-hybridized carbons (Fsp3) is 0.533. The molecule has 0 bridgehead atoms. The van der Waals surface area contributed by atoms with E-state index in [0.29, 0.717) is 12.8 Å². The van der Waals surface area contributed by atoms with Crippen molar-refractivity contribution in [3.8, 4) is 11.5 Å². The first-order valence-electron chi connectivity index (χ1n) is 6.82. The van der Waals surface area contributed by atoms with Gasteiger partial charge >= 0.3 is 5.97 Å². The average molecular weight is 279 g/mol. The summed E-state index contributed by atoms with van der Waals surface area (Å²) in [6.45, 7) is 0. The molecule has 110 valence electrons. The first kappa shape index (κ1) is 14.7. The van der Waals surface area contributed by atoms with Crippen molar-refractivity contribution in [2.45, 2.75) is 37.3 Å². The zero-order chi connectivity index (χ0) is 14.6. The van der Waals surface area contributed by atoms with Gasteiger partial charge in [-0.05, 0) is 50.6 Å². The van der Waals surface area contributed by atoms with E-state index in [1.54, 1.807) is 14.2 Å². The summed E-state index contributed by atoms with van der Waals surface area (Å²) < 4.78 is 11.0. The van der Waals surface area contributed by atoms with E-state index >= 15 is 0 Å². The predicted octanol–water partition coefficient (Wildman–Crippen LogP) is 2.06. The normalized spacial score (nSPS) is 26.0. The lowest BCUT2D eigenvalue weighted by Crippen LogP contribution is -2.55. The monoisotopic (exact) mass is 279 g/mol. The number of carbonyl (C=O) groups is 1. The van der Waals surface area contributed by atoms with E-state index in [0.717, 1.165) is 24.3 Å². The van der Waals surface area contributed by atoms with E-state index < -0.39 is 11.5 Å². The molecule has 1 aliphatic carbocycles. The average Bonchev–Trinajstić information content (AvgIpc) is 2.48. The number of methoxy groups -OCH3 is 1. The summed E-state index contributed by atoms with van der Waals surface area (Å²) in [4.78, 5) is 11.5. The number of rotatable bonds is 5. The highest BCUT2D eigenvalue weighted by atomic mass is 16.5. The van der Waals surface area contributed by atoms with Crippen LogP contribution in [-0.2, 0) is 4.79 Å². The highest BCUT2D eigenvalue weighted by molar-refractivity contribution is 5.79. The molecule has 0 heterocycles. The molecule has 1 saturated carbocycles. The lowest BCUT2D eigenvalue weighted by atomic mass is 9.80. The Morgan fingerprint density at radius 3 is 2.55 bits per heavy atom. The molecule has 1 aromatic rings. The molecule has 2 N–H and O–H groups in total.